The second kappa shape index (κ2) is 6.15. The Balaban J connectivity index is 1.93. The lowest BCUT2D eigenvalue weighted by atomic mass is 10.2. The van der Waals surface area contributed by atoms with Crippen molar-refractivity contribution in [2.24, 2.45) is 0 Å². The largest absolute Gasteiger partial charge is 0.478 e. The van der Waals surface area contributed by atoms with Crippen molar-refractivity contribution >= 4 is 34.6 Å². The lowest BCUT2D eigenvalue weighted by Gasteiger charge is -2.05. The van der Waals surface area contributed by atoms with E-state index in [9.17, 15) is 9.59 Å². The summed E-state index contributed by atoms with van der Waals surface area (Å²) in [6.45, 7) is 0. The van der Waals surface area contributed by atoms with Gasteiger partial charge in [0.05, 0.1) is 16.8 Å². The maximum Gasteiger partial charge on any atom is 0.337 e. The van der Waals surface area contributed by atoms with Crippen LogP contribution in [0.1, 0.15) is 16.2 Å². The van der Waals surface area contributed by atoms with E-state index in [2.05, 4.69) is 10.3 Å². The number of aldehydes is 1. The number of benzene rings is 2. The highest BCUT2D eigenvalue weighted by Crippen LogP contribution is 2.21. The summed E-state index contributed by atoms with van der Waals surface area (Å²) in [5.74, 6) is -0.891. The van der Waals surface area contributed by atoms with Gasteiger partial charge in [-0.1, -0.05) is 24.3 Å². The Kier molecular flexibility index (Phi) is 3.88. The zero-order valence-electron chi connectivity index (χ0n) is 11.9. The summed E-state index contributed by atoms with van der Waals surface area (Å²) in [4.78, 5) is 26.7. The normalized spacial score (nSPS) is 11.4. The molecule has 0 saturated heterocycles. The number of rotatable bonds is 5. The third kappa shape index (κ3) is 2.96. The van der Waals surface area contributed by atoms with Crippen LogP contribution < -0.4 is 5.32 Å². The predicted octanol–water partition coefficient (Wildman–Crippen LogP) is 3.18. The van der Waals surface area contributed by atoms with Gasteiger partial charge in [0.25, 0.3) is 0 Å². The number of oxazole rings is 1. The van der Waals surface area contributed by atoms with Crippen molar-refractivity contribution in [1.82, 2.24) is 4.98 Å². The molecule has 0 spiro atoms. The van der Waals surface area contributed by atoms with Crippen molar-refractivity contribution < 1.29 is 19.1 Å². The molecule has 0 unspecified atom stereocenters. The first-order chi connectivity index (χ1) is 11.2. The van der Waals surface area contributed by atoms with Gasteiger partial charge in [0.15, 0.2) is 11.9 Å². The molecule has 0 saturated carbocycles. The average molecular weight is 308 g/mol. The molecule has 1 heterocycles. The van der Waals surface area contributed by atoms with Gasteiger partial charge >= 0.3 is 5.97 Å². The molecule has 0 bridgehead atoms. The summed E-state index contributed by atoms with van der Waals surface area (Å²) in [5.41, 5.74) is 1.87. The third-order valence-electron chi connectivity index (χ3n) is 3.21. The molecule has 6 heteroatoms. The Hall–Kier alpha value is -3.41. The lowest BCUT2D eigenvalue weighted by molar-refractivity contribution is -0.103. The van der Waals surface area contributed by atoms with E-state index in [1.807, 2.05) is 12.1 Å². The Bertz CT molecular complexity index is 879. The molecular weight excluding hydrogens is 296 g/mol. The van der Waals surface area contributed by atoms with Gasteiger partial charge in [-0.2, -0.15) is 0 Å². The van der Waals surface area contributed by atoms with Crippen LogP contribution in [0, 0.1) is 0 Å². The van der Waals surface area contributed by atoms with Gasteiger partial charge < -0.3 is 14.8 Å². The third-order valence-corrected chi connectivity index (χ3v) is 3.21. The van der Waals surface area contributed by atoms with Gasteiger partial charge in [-0.25, -0.2) is 9.78 Å². The van der Waals surface area contributed by atoms with E-state index < -0.39 is 5.97 Å². The molecular formula is C17H12N2O4. The van der Waals surface area contributed by atoms with Gasteiger partial charge in [-0.3, -0.25) is 4.79 Å². The molecule has 0 atom stereocenters. The van der Waals surface area contributed by atoms with Crippen molar-refractivity contribution in [2.45, 2.75) is 0 Å². The standard InChI is InChI=1S/C17H12N2O4/c20-10-11(16-19-14-7-3-4-8-15(14)23-16)9-18-13-6-2-1-5-12(13)17(21)22/h1-10,18H,(H,21,22)/b11-9+. The molecule has 2 aromatic carbocycles. The van der Waals surface area contributed by atoms with E-state index in [1.165, 1.54) is 12.3 Å². The molecule has 0 aliphatic heterocycles. The van der Waals surface area contributed by atoms with Crippen molar-refractivity contribution in [2.75, 3.05) is 5.32 Å². The van der Waals surface area contributed by atoms with Crippen LogP contribution in [0.5, 0.6) is 0 Å². The highest BCUT2D eigenvalue weighted by molar-refractivity contribution is 6.06. The Morgan fingerprint density at radius 3 is 2.61 bits per heavy atom. The quantitative estimate of drug-likeness (QED) is 0.555. The van der Waals surface area contributed by atoms with Crippen molar-refractivity contribution in [3.63, 3.8) is 0 Å². The zero-order chi connectivity index (χ0) is 16.2. The number of aromatic nitrogens is 1. The molecule has 0 radical (unpaired) electrons. The van der Waals surface area contributed by atoms with Crippen molar-refractivity contribution in [3.8, 4) is 0 Å². The molecule has 3 aromatic rings. The van der Waals surface area contributed by atoms with E-state index in [0.29, 0.717) is 23.1 Å². The fourth-order valence-corrected chi connectivity index (χ4v) is 2.09. The van der Waals surface area contributed by atoms with E-state index in [0.717, 1.165) is 0 Å². The minimum Gasteiger partial charge on any atom is -0.478 e. The minimum absolute atomic E-state index is 0.103. The first-order valence-electron chi connectivity index (χ1n) is 6.79. The smallest absolute Gasteiger partial charge is 0.337 e. The number of carboxylic acid groups (broad SMARTS) is 1. The zero-order valence-corrected chi connectivity index (χ0v) is 11.9. The molecule has 0 amide bonds. The number of hydrogen-bond donors (Lipinski definition) is 2. The number of fused-ring (bicyclic) bond motifs is 1. The van der Waals surface area contributed by atoms with E-state index in [-0.39, 0.29) is 17.0 Å². The Morgan fingerprint density at radius 1 is 1.13 bits per heavy atom. The maximum absolute atomic E-state index is 11.3. The highest BCUT2D eigenvalue weighted by atomic mass is 16.4. The summed E-state index contributed by atoms with van der Waals surface area (Å²) in [7, 11) is 0. The number of carbonyl (C=O) groups is 2. The molecule has 0 aliphatic rings. The first-order valence-corrected chi connectivity index (χ1v) is 6.79. The Morgan fingerprint density at radius 2 is 1.87 bits per heavy atom. The van der Waals surface area contributed by atoms with Crippen LogP contribution in [-0.2, 0) is 4.79 Å². The molecule has 114 valence electrons. The van der Waals surface area contributed by atoms with Gasteiger partial charge in [-0.15, -0.1) is 0 Å². The molecule has 23 heavy (non-hydrogen) atoms. The van der Waals surface area contributed by atoms with Gasteiger partial charge in [0, 0.05) is 6.20 Å². The molecule has 0 aliphatic carbocycles. The number of nitrogens with one attached hydrogen (secondary N) is 1. The summed E-state index contributed by atoms with van der Waals surface area (Å²) in [6, 6.07) is 13.6. The predicted molar refractivity (Wildman–Crippen MR) is 85.1 cm³/mol. The van der Waals surface area contributed by atoms with Gasteiger partial charge in [-0.05, 0) is 24.3 Å². The monoisotopic (exact) mass is 308 g/mol. The minimum atomic E-state index is -1.06. The fourth-order valence-electron chi connectivity index (χ4n) is 2.09. The molecule has 2 N–H and O–H groups in total. The number of allylic oxidation sites excluding steroid dienone is 1. The van der Waals surface area contributed by atoms with Gasteiger partial charge in [0.1, 0.15) is 5.52 Å². The van der Waals surface area contributed by atoms with Crippen LogP contribution in [0.15, 0.2) is 59.1 Å². The second-order valence-corrected chi connectivity index (χ2v) is 4.70. The summed E-state index contributed by atoms with van der Waals surface area (Å²) in [6.07, 6.45) is 1.97. The number of aromatic carboxylic acids is 1. The number of carbonyl (C=O) groups excluding carboxylic acids is 1. The second-order valence-electron chi connectivity index (χ2n) is 4.70. The molecule has 6 nitrogen and oxygen atoms in total. The van der Waals surface area contributed by atoms with Crippen LogP contribution in [0.25, 0.3) is 16.7 Å². The number of hydrogen-bond acceptors (Lipinski definition) is 5. The summed E-state index contributed by atoms with van der Waals surface area (Å²) in [5, 5.41) is 12.0. The lowest BCUT2D eigenvalue weighted by Crippen LogP contribution is -2.02. The van der Waals surface area contributed by atoms with Crippen LogP contribution in [0.4, 0.5) is 5.69 Å². The number of carboxylic acids is 1. The maximum atomic E-state index is 11.3. The Labute approximate surface area is 131 Å². The molecule has 1 aromatic heterocycles. The number of anilines is 1. The number of nitrogens with zero attached hydrogens (tertiary/aromatic N) is 1. The van der Waals surface area contributed by atoms with Crippen LogP contribution in [0.3, 0.4) is 0 Å². The topological polar surface area (TPSA) is 92.4 Å². The van der Waals surface area contributed by atoms with E-state index in [4.69, 9.17) is 9.52 Å². The van der Waals surface area contributed by atoms with Crippen molar-refractivity contribution in [1.29, 1.82) is 0 Å². The SMILES string of the molecule is O=C/C(=C\Nc1ccccc1C(=O)O)c1nc2ccccc2o1. The van der Waals surface area contributed by atoms with Crippen molar-refractivity contribution in [3.05, 3.63) is 66.2 Å². The van der Waals surface area contributed by atoms with E-state index in [1.54, 1.807) is 30.3 Å². The van der Waals surface area contributed by atoms with Crippen LogP contribution in [0.2, 0.25) is 0 Å². The molecule has 0 fully saturated rings. The highest BCUT2D eigenvalue weighted by Gasteiger charge is 2.11. The summed E-state index contributed by atoms with van der Waals surface area (Å²) >= 11 is 0. The fraction of sp³-hybridized carbons (Fsp3) is 0. The van der Waals surface area contributed by atoms with Crippen LogP contribution >= 0.6 is 0 Å². The average Bonchev–Trinajstić information content (AvgIpc) is 2.99. The van der Waals surface area contributed by atoms with Gasteiger partial charge in [0.2, 0.25) is 5.89 Å². The summed E-state index contributed by atoms with van der Waals surface area (Å²) < 4.78 is 5.52. The van der Waals surface area contributed by atoms with E-state index >= 15 is 0 Å². The number of para-hydroxylation sites is 3. The first kappa shape index (κ1) is 14.5. The molecule has 3 rings (SSSR count). The van der Waals surface area contributed by atoms with Crippen LogP contribution in [-0.4, -0.2) is 22.3 Å².